The summed E-state index contributed by atoms with van der Waals surface area (Å²) in [5, 5.41) is 0. The lowest BCUT2D eigenvalue weighted by Gasteiger charge is -2.06. The quantitative estimate of drug-likeness (QED) is 0.753. The Morgan fingerprint density at radius 1 is 1.11 bits per heavy atom. The Kier molecular flexibility index (Phi) is 4.15. The van der Waals surface area contributed by atoms with E-state index in [1.165, 1.54) is 17.7 Å². The SMILES string of the molecule is Cc1ccc(CC(=O)c2cc(F)cc(Br)c2)cc1C. The molecule has 0 spiro atoms. The molecule has 98 valence electrons. The summed E-state index contributed by atoms with van der Waals surface area (Å²) in [5.74, 6) is -0.485. The highest BCUT2D eigenvalue weighted by atomic mass is 79.9. The lowest BCUT2D eigenvalue weighted by Crippen LogP contribution is -2.04. The number of rotatable bonds is 3. The van der Waals surface area contributed by atoms with Gasteiger partial charge in [-0.25, -0.2) is 4.39 Å². The number of Topliss-reactive ketones (excluding diaryl/α,β-unsaturated/α-hetero) is 1. The minimum absolute atomic E-state index is 0.0801. The van der Waals surface area contributed by atoms with Gasteiger partial charge in [-0.05, 0) is 48.7 Å². The van der Waals surface area contributed by atoms with E-state index in [2.05, 4.69) is 15.9 Å². The molecule has 0 aliphatic carbocycles. The van der Waals surface area contributed by atoms with Crippen molar-refractivity contribution in [1.29, 1.82) is 0 Å². The highest BCUT2D eigenvalue weighted by Crippen LogP contribution is 2.17. The van der Waals surface area contributed by atoms with Crippen molar-refractivity contribution < 1.29 is 9.18 Å². The van der Waals surface area contributed by atoms with E-state index in [0.717, 1.165) is 11.1 Å². The molecule has 0 aliphatic heterocycles. The Morgan fingerprint density at radius 2 is 1.84 bits per heavy atom. The summed E-state index contributed by atoms with van der Waals surface area (Å²) in [4.78, 5) is 12.1. The molecule has 2 rings (SSSR count). The number of carbonyl (C=O) groups excluding carboxylic acids is 1. The first kappa shape index (κ1) is 13.9. The molecule has 0 atom stereocenters. The van der Waals surface area contributed by atoms with Crippen molar-refractivity contribution in [2.75, 3.05) is 0 Å². The molecule has 0 N–H and O–H groups in total. The molecule has 0 bridgehead atoms. The highest BCUT2D eigenvalue weighted by Gasteiger charge is 2.10. The summed E-state index contributed by atoms with van der Waals surface area (Å²) in [6, 6.07) is 10.2. The molecule has 0 heterocycles. The van der Waals surface area contributed by atoms with Gasteiger partial charge in [-0.15, -0.1) is 0 Å². The van der Waals surface area contributed by atoms with Crippen LogP contribution in [0.15, 0.2) is 40.9 Å². The third-order valence-corrected chi connectivity index (χ3v) is 3.58. The Hall–Kier alpha value is -1.48. The normalized spacial score (nSPS) is 10.5. The van der Waals surface area contributed by atoms with Gasteiger partial charge >= 0.3 is 0 Å². The molecule has 19 heavy (non-hydrogen) atoms. The molecule has 2 aromatic rings. The van der Waals surface area contributed by atoms with Gasteiger partial charge in [-0.3, -0.25) is 4.79 Å². The van der Waals surface area contributed by atoms with Crippen molar-refractivity contribution in [1.82, 2.24) is 0 Å². The second-order valence-electron chi connectivity index (χ2n) is 4.68. The number of carbonyl (C=O) groups is 1. The highest BCUT2D eigenvalue weighted by molar-refractivity contribution is 9.10. The van der Waals surface area contributed by atoms with E-state index < -0.39 is 5.82 Å². The van der Waals surface area contributed by atoms with Crippen molar-refractivity contribution in [3.05, 3.63) is 68.9 Å². The van der Waals surface area contributed by atoms with Gasteiger partial charge in [0.05, 0.1) is 0 Å². The Labute approximate surface area is 120 Å². The average Bonchev–Trinajstić information content (AvgIpc) is 2.32. The van der Waals surface area contributed by atoms with E-state index in [-0.39, 0.29) is 12.2 Å². The summed E-state index contributed by atoms with van der Waals surface area (Å²) >= 11 is 3.20. The van der Waals surface area contributed by atoms with Crippen LogP contribution in [0.3, 0.4) is 0 Å². The minimum atomic E-state index is -0.405. The molecule has 0 unspecified atom stereocenters. The Morgan fingerprint density at radius 3 is 2.47 bits per heavy atom. The molecule has 0 aromatic heterocycles. The lowest BCUT2D eigenvalue weighted by atomic mass is 9.99. The number of benzene rings is 2. The van der Waals surface area contributed by atoms with Gasteiger partial charge in [0.25, 0.3) is 0 Å². The standard InChI is InChI=1S/C16H14BrFO/c1-10-3-4-12(5-11(10)2)6-16(19)13-7-14(17)9-15(18)8-13/h3-5,7-9H,6H2,1-2H3. The van der Waals surface area contributed by atoms with Crippen LogP contribution in [0, 0.1) is 19.7 Å². The summed E-state index contributed by atoms with van der Waals surface area (Å²) < 4.78 is 13.8. The number of aryl methyl sites for hydroxylation is 2. The van der Waals surface area contributed by atoms with E-state index in [0.29, 0.717) is 10.0 Å². The van der Waals surface area contributed by atoms with Gasteiger partial charge in [0, 0.05) is 16.5 Å². The van der Waals surface area contributed by atoms with Crippen molar-refractivity contribution >= 4 is 21.7 Å². The predicted octanol–water partition coefficient (Wildman–Crippen LogP) is 4.63. The fourth-order valence-corrected chi connectivity index (χ4v) is 2.38. The summed E-state index contributed by atoms with van der Waals surface area (Å²) in [5.41, 5.74) is 3.70. The topological polar surface area (TPSA) is 17.1 Å². The first-order valence-corrected chi connectivity index (χ1v) is 6.80. The average molecular weight is 321 g/mol. The van der Waals surface area contributed by atoms with Crippen LogP contribution in [-0.4, -0.2) is 5.78 Å². The van der Waals surface area contributed by atoms with Gasteiger partial charge in [-0.2, -0.15) is 0 Å². The number of halogens is 2. The zero-order chi connectivity index (χ0) is 14.0. The largest absolute Gasteiger partial charge is 0.294 e. The maximum absolute atomic E-state index is 13.3. The van der Waals surface area contributed by atoms with Crippen molar-refractivity contribution in [3.8, 4) is 0 Å². The first-order chi connectivity index (χ1) is 8.95. The third-order valence-electron chi connectivity index (χ3n) is 3.12. The molecule has 3 heteroatoms. The maximum atomic E-state index is 13.3. The number of hydrogen-bond donors (Lipinski definition) is 0. The molecule has 0 radical (unpaired) electrons. The van der Waals surface area contributed by atoms with Crippen LogP contribution in [0.5, 0.6) is 0 Å². The van der Waals surface area contributed by atoms with Gasteiger partial charge in [0.2, 0.25) is 0 Å². The van der Waals surface area contributed by atoms with E-state index in [1.54, 1.807) is 6.07 Å². The summed E-state index contributed by atoms with van der Waals surface area (Å²) in [6.45, 7) is 4.05. The fraction of sp³-hybridized carbons (Fsp3) is 0.188. The van der Waals surface area contributed by atoms with Crippen LogP contribution in [0.2, 0.25) is 0 Å². The molecule has 1 nitrogen and oxygen atoms in total. The van der Waals surface area contributed by atoms with E-state index in [9.17, 15) is 9.18 Å². The van der Waals surface area contributed by atoms with Crippen LogP contribution in [0.25, 0.3) is 0 Å². The number of ketones is 1. The fourth-order valence-electron chi connectivity index (χ4n) is 1.92. The van der Waals surface area contributed by atoms with E-state index >= 15 is 0 Å². The summed E-state index contributed by atoms with van der Waals surface area (Å²) in [7, 11) is 0. The monoisotopic (exact) mass is 320 g/mol. The van der Waals surface area contributed by atoms with Gasteiger partial charge in [0.15, 0.2) is 5.78 Å². The number of hydrogen-bond acceptors (Lipinski definition) is 1. The Balaban J connectivity index is 2.22. The first-order valence-electron chi connectivity index (χ1n) is 6.01. The van der Waals surface area contributed by atoms with Gasteiger partial charge in [-0.1, -0.05) is 34.1 Å². The minimum Gasteiger partial charge on any atom is -0.294 e. The van der Waals surface area contributed by atoms with Crippen LogP contribution in [0.4, 0.5) is 4.39 Å². The van der Waals surface area contributed by atoms with Crippen LogP contribution < -0.4 is 0 Å². The van der Waals surface area contributed by atoms with E-state index in [4.69, 9.17) is 0 Å². The van der Waals surface area contributed by atoms with Crippen molar-refractivity contribution in [2.24, 2.45) is 0 Å². The molecular weight excluding hydrogens is 307 g/mol. The zero-order valence-corrected chi connectivity index (χ0v) is 12.4. The second-order valence-corrected chi connectivity index (χ2v) is 5.59. The van der Waals surface area contributed by atoms with Crippen LogP contribution >= 0.6 is 15.9 Å². The van der Waals surface area contributed by atoms with Crippen molar-refractivity contribution in [3.63, 3.8) is 0 Å². The predicted molar refractivity (Wildman–Crippen MR) is 78.1 cm³/mol. The van der Waals surface area contributed by atoms with Crippen molar-refractivity contribution in [2.45, 2.75) is 20.3 Å². The van der Waals surface area contributed by atoms with Gasteiger partial charge < -0.3 is 0 Å². The summed E-state index contributed by atoms with van der Waals surface area (Å²) in [6.07, 6.45) is 0.289. The molecule has 0 aliphatic rings. The maximum Gasteiger partial charge on any atom is 0.167 e. The van der Waals surface area contributed by atoms with Crippen LogP contribution in [0.1, 0.15) is 27.0 Å². The molecule has 0 amide bonds. The molecular formula is C16H14BrFO. The molecule has 0 fully saturated rings. The van der Waals surface area contributed by atoms with Gasteiger partial charge in [0.1, 0.15) is 5.82 Å². The Bertz CT molecular complexity index is 614. The molecule has 0 saturated heterocycles. The lowest BCUT2D eigenvalue weighted by molar-refractivity contribution is 0.0992. The molecule has 2 aromatic carbocycles. The smallest absolute Gasteiger partial charge is 0.167 e. The van der Waals surface area contributed by atoms with E-state index in [1.807, 2.05) is 32.0 Å². The zero-order valence-electron chi connectivity index (χ0n) is 10.8. The third kappa shape index (κ3) is 3.51. The second kappa shape index (κ2) is 5.66. The van der Waals surface area contributed by atoms with Crippen LogP contribution in [-0.2, 0) is 6.42 Å². The molecule has 0 saturated carbocycles.